The Morgan fingerprint density at radius 3 is 2.18 bits per heavy atom. The van der Waals surface area contributed by atoms with E-state index in [0.717, 1.165) is 35.5 Å². The molecular weight excluding hydrogens is 424 g/mol. The third-order valence-electron chi connectivity index (χ3n) is 6.45. The molecule has 0 bridgehead atoms. The van der Waals surface area contributed by atoms with Crippen molar-refractivity contribution in [1.29, 1.82) is 0 Å². The number of anilines is 2. The lowest BCUT2D eigenvalue weighted by molar-refractivity contribution is -0.132. The first-order valence-corrected chi connectivity index (χ1v) is 11.7. The van der Waals surface area contributed by atoms with Crippen LogP contribution in [0.3, 0.4) is 0 Å². The predicted octanol–water partition coefficient (Wildman–Crippen LogP) is 5.78. The first-order valence-electron chi connectivity index (χ1n) is 11.7. The van der Waals surface area contributed by atoms with E-state index in [1.165, 1.54) is 4.90 Å². The van der Waals surface area contributed by atoms with Crippen LogP contribution in [0.5, 0.6) is 0 Å². The van der Waals surface area contributed by atoms with Crippen LogP contribution in [0.4, 0.5) is 11.4 Å². The number of amides is 1. The Hall–Kier alpha value is -3.86. The van der Waals surface area contributed by atoms with Gasteiger partial charge in [-0.3, -0.25) is 14.5 Å². The van der Waals surface area contributed by atoms with E-state index in [4.69, 9.17) is 0 Å². The second kappa shape index (κ2) is 9.56. The molecule has 0 aliphatic carbocycles. The van der Waals surface area contributed by atoms with Crippen LogP contribution in [-0.2, 0) is 9.59 Å². The smallest absolute Gasteiger partial charge is 0.300 e. The number of aliphatic hydroxyl groups is 1. The zero-order valence-corrected chi connectivity index (χ0v) is 20.1. The minimum Gasteiger partial charge on any atom is -0.507 e. The molecule has 1 saturated heterocycles. The molecule has 1 aliphatic heterocycles. The number of ketones is 1. The molecule has 3 aromatic carbocycles. The molecule has 5 heteroatoms. The highest BCUT2D eigenvalue weighted by molar-refractivity contribution is 6.51. The van der Waals surface area contributed by atoms with Crippen LogP contribution in [-0.4, -0.2) is 29.9 Å². The molecule has 5 nitrogen and oxygen atoms in total. The molecule has 4 rings (SSSR count). The second-order valence-corrected chi connectivity index (χ2v) is 8.59. The van der Waals surface area contributed by atoms with Crippen molar-refractivity contribution in [3.8, 4) is 0 Å². The molecule has 0 spiro atoms. The van der Waals surface area contributed by atoms with Gasteiger partial charge in [0.15, 0.2) is 0 Å². The van der Waals surface area contributed by atoms with Gasteiger partial charge in [-0.2, -0.15) is 0 Å². The van der Waals surface area contributed by atoms with Crippen molar-refractivity contribution >= 4 is 28.8 Å². The molecule has 1 aliphatic rings. The highest BCUT2D eigenvalue weighted by Crippen LogP contribution is 2.43. The van der Waals surface area contributed by atoms with Crippen LogP contribution in [0, 0.1) is 13.8 Å². The number of rotatable bonds is 6. The van der Waals surface area contributed by atoms with Crippen molar-refractivity contribution in [2.45, 2.75) is 33.7 Å². The van der Waals surface area contributed by atoms with E-state index < -0.39 is 17.7 Å². The molecule has 0 radical (unpaired) electrons. The van der Waals surface area contributed by atoms with Gasteiger partial charge in [0.2, 0.25) is 0 Å². The molecule has 3 aromatic rings. The van der Waals surface area contributed by atoms with Gasteiger partial charge in [0.25, 0.3) is 11.7 Å². The number of aliphatic hydroxyl groups excluding tert-OH is 1. The van der Waals surface area contributed by atoms with E-state index in [0.29, 0.717) is 11.3 Å². The molecule has 1 unspecified atom stereocenters. The fourth-order valence-electron chi connectivity index (χ4n) is 4.58. The van der Waals surface area contributed by atoms with Crippen LogP contribution in [0.1, 0.15) is 42.1 Å². The van der Waals surface area contributed by atoms with Crippen molar-refractivity contribution in [2.75, 3.05) is 22.9 Å². The van der Waals surface area contributed by atoms with Crippen LogP contribution >= 0.6 is 0 Å². The summed E-state index contributed by atoms with van der Waals surface area (Å²) in [4.78, 5) is 30.5. The second-order valence-electron chi connectivity index (χ2n) is 8.59. The van der Waals surface area contributed by atoms with Gasteiger partial charge in [0, 0.05) is 30.0 Å². The number of Topliss-reactive ketones (excluding diaryl/α,β-unsaturated/α-hetero) is 1. The number of carbonyl (C=O) groups excluding carboxylic acids is 2. The Morgan fingerprint density at radius 2 is 1.56 bits per heavy atom. The number of hydrogen-bond donors (Lipinski definition) is 1. The first-order chi connectivity index (χ1) is 16.4. The van der Waals surface area contributed by atoms with E-state index in [-0.39, 0.29) is 11.3 Å². The lowest BCUT2D eigenvalue weighted by atomic mass is 9.94. The number of benzene rings is 3. The Labute approximate surface area is 201 Å². The van der Waals surface area contributed by atoms with E-state index in [1.807, 2.05) is 62.4 Å². The van der Waals surface area contributed by atoms with Crippen LogP contribution in [0.25, 0.3) is 5.76 Å². The standard InChI is InChI=1S/C29H30N2O3/c1-5-30(6-2)23-16-14-21(15-17-23)26-25(27(32)22-10-8-7-9-11-22)28(33)29(34)31(26)24-18-19(3)12-13-20(24)4/h7-18,26,32H,5-6H2,1-4H3/b27-25+. The molecule has 0 saturated carbocycles. The van der Waals surface area contributed by atoms with E-state index >= 15 is 0 Å². The van der Waals surface area contributed by atoms with Crippen molar-refractivity contribution in [3.05, 3.63) is 101 Å². The largest absolute Gasteiger partial charge is 0.507 e. The maximum atomic E-state index is 13.4. The Kier molecular flexibility index (Phi) is 6.55. The minimum atomic E-state index is -0.730. The normalized spacial score (nSPS) is 17.3. The van der Waals surface area contributed by atoms with Crippen molar-refractivity contribution in [2.24, 2.45) is 0 Å². The molecule has 1 fully saturated rings. The Balaban J connectivity index is 1.93. The maximum absolute atomic E-state index is 13.4. The third-order valence-corrected chi connectivity index (χ3v) is 6.45. The quantitative estimate of drug-likeness (QED) is 0.292. The molecule has 1 heterocycles. The highest BCUT2D eigenvalue weighted by atomic mass is 16.3. The summed E-state index contributed by atoms with van der Waals surface area (Å²) in [5.41, 5.74) is 5.00. The molecule has 1 atom stereocenters. The van der Waals surface area contributed by atoms with Gasteiger partial charge in [-0.25, -0.2) is 0 Å². The fraction of sp³-hybridized carbons (Fsp3) is 0.241. The lowest BCUT2D eigenvalue weighted by Gasteiger charge is -2.28. The number of aryl methyl sites for hydroxylation is 2. The zero-order chi connectivity index (χ0) is 24.4. The number of nitrogens with zero attached hydrogens (tertiary/aromatic N) is 2. The number of carbonyl (C=O) groups is 2. The summed E-state index contributed by atoms with van der Waals surface area (Å²) in [5, 5.41) is 11.2. The Bertz CT molecular complexity index is 1240. The number of hydrogen-bond acceptors (Lipinski definition) is 4. The van der Waals surface area contributed by atoms with Gasteiger partial charge in [-0.15, -0.1) is 0 Å². The Morgan fingerprint density at radius 1 is 0.912 bits per heavy atom. The molecular formula is C29H30N2O3. The summed E-state index contributed by atoms with van der Waals surface area (Å²) in [5.74, 6) is -1.48. The summed E-state index contributed by atoms with van der Waals surface area (Å²) in [7, 11) is 0. The fourth-order valence-corrected chi connectivity index (χ4v) is 4.58. The minimum absolute atomic E-state index is 0.104. The van der Waals surface area contributed by atoms with E-state index in [9.17, 15) is 14.7 Å². The highest BCUT2D eigenvalue weighted by Gasteiger charge is 2.47. The van der Waals surface area contributed by atoms with Gasteiger partial charge in [0.1, 0.15) is 5.76 Å². The lowest BCUT2D eigenvalue weighted by Crippen LogP contribution is -2.30. The van der Waals surface area contributed by atoms with Gasteiger partial charge in [-0.1, -0.05) is 54.6 Å². The SMILES string of the molecule is CCN(CC)c1ccc(C2/C(=C(\O)c3ccccc3)C(=O)C(=O)N2c2cc(C)ccc2C)cc1. The van der Waals surface area contributed by atoms with Crippen LogP contribution in [0.2, 0.25) is 0 Å². The average molecular weight is 455 g/mol. The summed E-state index contributed by atoms with van der Waals surface area (Å²) in [6.07, 6.45) is 0. The topological polar surface area (TPSA) is 60.9 Å². The van der Waals surface area contributed by atoms with Crippen molar-refractivity contribution < 1.29 is 14.7 Å². The molecule has 34 heavy (non-hydrogen) atoms. The van der Waals surface area contributed by atoms with Crippen LogP contribution in [0.15, 0.2) is 78.4 Å². The van der Waals surface area contributed by atoms with E-state index in [2.05, 4.69) is 18.7 Å². The molecule has 1 N–H and O–H groups in total. The van der Waals surface area contributed by atoms with Crippen molar-refractivity contribution in [1.82, 2.24) is 0 Å². The van der Waals surface area contributed by atoms with Gasteiger partial charge >= 0.3 is 0 Å². The van der Waals surface area contributed by atoms with Gasteiger partial charge in [-0.05, 0) is 62.6 Å². The summed E-state index contributed by atoms with van der Waals surface area (Å²) >= 11 is 0. The molecule has 1 amide bonds. The molecule has 174 valence electrons. The maximum Gasteiger partial charge on any atom is 0.300 e. The third kappa shape index (κ3) is 4.10. The van der Waals surface area contributed by atoms with Gasteiger partial charge in [0.05, 0.1) is 11.6 Å². The zero-order valence-electron chi connectivity index (χ0n) is 20.1. The average Bonchev–Trinajstić information content (AvgIpc) is 3.12. The van der Waals surface area contributed by atoms with E-state index in [1.54, 1.807) is 24.3 Å². The summed E-state index contributed by atoms with van der Waals surface area (Å²) < 4.78 is 0. The first kappa shape index (κ1) is 23.3. The monoisotopic (exact) mass is 454 g/mol. The van der Waals surface area contributed by atoms with Gasteiger partial charge < -0.3 is 10.0 Å². The predicted molar refractivity (Wildman–Crippen MR) is 137 cm³/mol. The van der Waals surface area contributed by atoms with Crippen LogP contribution < -0.4 is 9.80 Å². The van der Waals surface area contributed by atoms with Crippen molar-refractivity contribution in [3.63, 3.8) is 0 Å². The summed E-state index contributed by atoms with van der Waals surface area (Å²) in [6.45, 7) is 9.85. The molecule has 0 aromatic heterocycles. The summed E-state index contributed by atoms with van der Waals surface area (Å²) in [6, 6.07) is 21.9.